The highest BCUT2D eigenvalue weighted by atomic mass is 35.5. The molecular formula is C18H28ClN3O2. The number of para-hydroxylation sites is 1. The number of benzene rings is 1. The second kappa shape index (κ2) is 9.64. The third kappa shape index (κ3) is 5.80. The maximum Gasteiger partial charge on any atom is 0.239 e. The molecule has 1 atom stereocenters. The van der Waals surface area contributed by atoms with Gasteiger partial charge in [0.25, 0.3) is 0 Å². The first-order valence-electron chi connectivity index (χ1n) is 8.37. The summed E-state index contributed by atoms with van der Waals surface area (Å²) in [5.74, 6) is 0.416. The number of hydrogen-bond acceptors (Lipinski definition) is 3. The number of hydrogen-bond donors (Lipinski definition) is 2. The van der Waals surface area contributed by atoms with Crippen molar-refractivity contribution in [3.8, 4) is 0 Å². The van der Waals surface area contributed by atoms with Gasteiger partial charge < -0.3 is 16.0 Å². The van der Waals surface area contributed by atoms with Gasteiger partial charge in [0.1, 0.15) is 0 Å². The lowest BCUT2D eigenvalue weighted by Crippen LogP contribution is -2.48. The Morgan fingerprint density at radius 3 is 2.33 bits per heavy atom. The molecular weight excluding hydrogens is 326 g/mol. The van der Waals surface area contributed by atoms with Gasteiger partial charge in [-0.25, -0.2) is 0 Å². The van der Waals surface area contributed by atoms with Gasteiger partial charge in [0.05, 0.1) is 6.04 Å². The number of carbonyl (C=O) groups is 2. The van der Waals surface area contributed by atoms with Gasteiger partial charge in [-0.3, -0.25) is 9.59 Å². The van der Waals surface area contributed by atoms with Gasteiger partial charge in [-0.15, -0.1) is 12.4 Å². The maximum atomic E-state index is 12.3. The number of piperidine rings is 1. The van der Waals surface area contributed by atoms with Gasteiger partial charge in [-0.1, -0.05) is 32.0 Å². The van der Waals surface area contributed by atoms with Gasteiger partial charge in [-0.05, 0) is 37.3 Å². The highest BCUT2D eigenvalue weighted by Gasteiger charge is 2.29. The first-order valence-corrected chi connectivity index (χ1v) is 8.37. The van der Waals surface area contributed by atoms with E-state index < -0.39 is 6.04 Å². The van der Waals surface area contributed by atoms with Crippen molar-refractivity contribution >= 4 is 29.9 Å². The quantitative estimate of drug-likeness (QED) is 0.854. The lowest BCUT2D eigenvalue weighted by atomic mass is 9.94. The Morgan fingerprint density at radius 2 is 1.79 bits per heavy atom. The fourth-order valence-corrected chi connectivity index (χ4v) is 2.97. The highest BCUT2D eigenvalue weighted by molar-refractivity contribution is 5.92. The highest BCUT2D eigenvalue weighted by Crippen LogP contribution is 2.20. The van der Waals surface area contributed by atoms with Crippen molar-refractivity contribution < 1.29 is 9.59 Å². The van der Waals surface area contributed by atoms with Crippen LogP contribution >= 0.6 is 12.4 Å². The van der Waals surface area contributed by atoms with Crippen molar-refractivity contribution in [1.29, 1.82) is 0 Å². The average Bonchev–Trinajstić information content (AvgIpc) is 2.54. The predicted octanol–water partition coefficient (Wildman–Crippen LogP) is 2.66. The summed E-state index contributed by atoms with van der Waals surface area (Å²) in [5.41, 5.74) is 6.79. The Hall–Kier alpha value is -1.59. The summed E-state index contributed by atoms with van der Waals surface area (Å²) in [6.07, 6.45) is 2.09. The van der Waals surface area contributed by atoms with E-state index in [2.05, 4.69) is 19.2 Å². The molecule has 1 aromatic carbocycles. The largest absolute Gasteiger partial charge is 0.341 e. The molecule has 2 amide bonds. The fourth-order valence-electron chi connectivity index (χ4n) is 2.97. The molecule has 0 aromatic heterocycles. The van der Waals surface area contributed by atoms with E-state index in [4.69, 9.17) is 5.73 Å². The average molecular weight is 354 g/mol. The van der Waals surface area contributed by atoms with Crippen LogP contribution in [0.25, 0.3) is 0 Å². The van der Waals surface area contributed by atoms with E-state index in [-0.39, 0.29) is 30.1 Å². The molecule has 1 aromatic rings. The van der Waals surface area contributed by atoms with Crippen LogP contribution in [-0.4, -0.2) is 35.8 Å². The number of carbonyl (C=O) groups excluding carboxylic acids is 2. The van der Waals surface area contributed by atoms with Crippen LogP contribution in [0.1, 0.15) is 33.1 Å². The van der Waals surface area contributed by atoms with Crippen molar-refractivity contribution in [3.05, 3.63) is 30.3 Å². The smallest absolute Gasteiger partial charge is 0.239 e. The van der Waals surface area contributed by atoms with Crippen LogP contribution in [0.2, 0.25) is 0 Å². The molecule has 0 saturated carbocycles. The van der Waals surface area contributed by atoms with E-state index in [1.165, 1.54) is 0 Å². The van der Waals surface area contributed by atoms with E-state index in [0.29, 0.717) is 38.3 Å². The predicted molar refractivity (Wildman–Crippen MR) is 99.1 cm³/mol. The van der Waals surface area contributed by atoms with Gasteiger partial charge in [-0.2, -0.15) is 0 Å². The number of nitrogens with one attached hydrogen (secondary N) is 1. The fraction of sp³-hybridized carbons (Fsp3) is 0.556. The molecule has 0 unspecified atom stereocenters. The lowest BCUT2D eigenvalue weighted by molar-refractivity contribution is -0.136. The normalized spacial score (nSPS) is 16.4. The summed E-state index contributed by atoms with van der Waals surface area (Å²) in [4.78, 5) is 26.4. The number of rotatable bonds is 5. The number of anilines is 1. The van der Waals surface area contributed by atoms with Gasteiger partial charge in [0.2, 0.25) is 11.8 Å². The third-order valence-electron chi connectivity index (χ3n) is 4.26. The molecule has 0 bridgehead atoms. The zero-order valence-corrected chi connectivity index (χ0v) is 15.2. The monoisotopic (exact) mass is 353 g/mol. The molecule has 1 fully saturated rings. The minimum atomic E-state index is -0.426. The van der Waals surface area contributed by atoms with E-state index in [9.17, 15) is 9.59 Å². The Labute approximate surface area is 150 Å². The molecule has 2 rings (SSSR count). The Bertz CT molecular complexity index is 528. The molecule has 0 aliphatic carbocycles. The molecule has 24 heavy (non-hydrogen) atoms. The van der Waals surface area contributed by atoms with Crippen molar-refractivity contribution in [3.63, 3.8) is 0 Å². The summed E-state index contributed by atoms with van der Waals surface area (Å²) in [5, 5.41) is 2.94. The van der Waals surface area contributed by atoms with E-state index in [1.54, 1.807) is 4.90 Å². The molecule has 1 aliphatic rings. The van der Waals surface area contributed by atoms with Crippen molar-refractivity contribution in [1.82, 2.24) is 4.90 Å². The maximum absolute atomic E-state index is 12.3. The van der Waals surface area contributed by atoms with E-state index in [0.717, 1.165) is 5.69 Å². The minimum Gasteiger partial charge on any atom is -0.341 e. The summed E-state index contributed by atoms with van der Waals surface area (Å²) in [7, 11) is 0. The van der Waals surface area contributed by atoms with Crippen LogP contribution in [0.15, 0.2) is 30.3 Å². The standard InChI is InChI=1S/C18H27N3O2.ClH/c1-13(2)12-16(19)18(23)21-10-8-14(9-11-21)17(22)20-15-6-4-3-5-7-15;/h3-7,13-14,16H,8-12,19H2,1-2H3,(H,20,22);1H/t16-;/m0./s1. The van der Waals surface area contributed by atoms with E-state index >= 15 is 0 Å². The zero-order chi connectivity index (χ0) is 16.8. The summed E-state index contributed by atoms with van der Waals surface area (Å²) < 4.78 is 0. The molecule has 3 N–H and O–H groups in total. The van der Waals surface area contributed by atoms with Gasteiger partial charge in [0.15, 0.2) is 0 Å². The molecule has 1 saturated heterocycles. The minimum absolute atomic E-state index is 0. The number of likely N-dealkylation sites (tertiary alicyclic amines) is 1. The van der Waals surface area contributed by atoms with Crippen LogP contribution in [0.4, 0.5) is 5.69 Å². The summed E-state index contributed by atoms with van der Waals surface area (Å²) in [6.45, 7) is 5.34. The first-order chi connectivity index (χ1) is 11.0. The number of nitrogens with zero attached hydrogens (tertiary/aromatic N) is 1. The zero-order valence-electron chi connectivity index (χ0n) is 14.4. The summed E-state index contributed by atoms with van der Waals surface area (Å²) >= 11 is 0. The lowest BCUT2D eigenvalue weighted by Gasteiger charge is -2.33. The Balaban J connectivity index is 0.00000288. The van der Waals surface area contributed by atoms with Crippen molar-refractivity contribution in [2.24, 2.45) is 17.6 Å². The number of nitrogens with two attached hydrogens (primary N) is 1. The third-order valence-corrected chi connectivity index (χ3v) is 4.26. The topological polar surface area (TPSA) is 75.4 Å². The van der Waals surface area contributed by atoms with Crippen molar-refractivity contribution in [2.45, 2.75) is 39.2 Å². The SMILES string of the molecule is CC(C)C[C@H](N)C(=O)N1CCC(C(=O)Nc2ccccc2)CC1.Cl. The second-order valence-corrected chi connectivity index (χ2v) is 6.69. The molecule has 0 radical (unpaired) electrons. The summed E-state index contributed by atoms with van der Waals surface area (Å²) in [6, 6.07) is 9.04. The number of halogens is 1. The van der Waals surface area contributed by atoms with Crippen molar-refractivity contribution in [2.75, 3.05) is 18.4 Å². The number of amides is 2. The van der Waals surface area contributed by atoms with Crippen LogP contribution in [0.3, 0.4) is 0 Å². The van der Waals surface area contributed by atoms with Gasteiger partial charge in [0, 0.05) is 24.7 Å². The van der Waals surface area contributed by atoms with Crippen LogP contribution in [0, 0.1) is 11.8 Å². The molecule has 5 nitrogen and oxygen atoms in total. The van der Waals surface area contributed by atoms with Crippen LogP contribution in [0.5, 0.6) is 0 Å². The second-order valence-electron chi connectivity index (χ2n) is 6.69. The molecule has 1 aliphatic heterocycles. The molecule has 1 heterocycles. The first kappa shape index (κ1) is 20.5. The van der Waals surface area contributed by atoms with Crippen LogP contribution in [-0.2, 0) is 9.59 Å². The molecule has 134 valence electrons. The molecule has 0 spiro atoms. The molecule has 6 heteroatoms. The van der Waals surface area contributed by atoms with E-state index in [1.807, 2.05) is 30.3 Å². The van der Waals surface area contributed by atoms with Gasteiger partial charge >= 0.3 is 0 Å². The Morgan fingerprint density at radius 1 is 1.21 bits per heavy atom. The van der Waals surface area contributed by atoms with Crippen LogP contribution < -0.4 is 11.1 Å². The Kier molecular flexibility index (Phi) is 8.22.